The van der Waals surface area contributed by atoms with Crippen molar-refractivity contribution in [3.05, 3.63) is 11.6 Å². The first-order valence-corrected chi connectivity index (χ1v) is 6.18. The summed E-state index contributed by atoms with van der Waals surface area (Å²) in [7, 11) is 0. The summed E-state index contributed by atoms with van der Waals surface area (Å²) >= 11 is 0. The van der Waals surface area contributed by atoms with E-state index in [0.29, 0.717) is 12.8 Å². The summed E-state index contributed by atoms with van der Waals surface area (Å²) < 4.78 is 5.20. The van der Waals surface area contributed by atoms with E-state index in [2.05, 4.69) is 0 Å². The molecule has 0 aromatic carbocycles. The van der Waals surface area contributed by atoms with Gasteiger partial charge in [0.25, 0.3) is 0 Å². The van der Waals surface area contributed by atoms with Crippen LogP contribution < -0.4 is 0 Å². The minimum atomic E-state index is -1.64. The van der Waals surface area contributed by atoms with Crippen LogP contribution in [-0.2, 0) is 9.53 Å². The molecule has 0 aliphatic carbocycles. The SMILES string of the molecule is CC(C)=CCC[C@]1(C)OC(=O)N(CC(=O)O)[C@@]1(C)O. The molecule has 1 rings (SSSR count). The number of carboxylic acid groups (broad SMARTS) is 1. The maximum atomic E-state index is 11.7. The van der Waals surface area contributed by atoms with E-state index in [4.69, 9.17) is 9.84 Å². The molecule has 2 atom stereocenters. The van der Waals surface area contributed by atoms with Gasteiger partial charge in [0.15, 0.2) is 11.3 Å². The van der Waals surface area contributed by atoms with Gasteiger partial charge in [-0.25, -0.2) is 4.79 Å². The van der Waals surface area contributed by atoms with E-state index in [9.17, 15) is 14.7 Å². The van der Waals surface area contributed by atoms with Crippen LogP contribution in [0.3, 0.4) is 0 Å². The molecule has 1 heterocycles. The maximum absolute atomic E-state index is 11.7. The van der Waals surface area contributed by atoms with Crippen LogP contribution in [0, 0.1) is 0 Å². The molecule has 0 aromatic heterocycles. The van der Waals surface area contributed by atoms with Gasteiger partial charge in [0.05, 0.1) is 0 Å². The number of carbonyl (C=O) groups is 2. The van der Waals surface area contributed by atoms with Gasteiger partial charge < -0.3 is 14.9 Å². The molecule has 2 N–H and O–H groups in total. The van der Waals surface area contributed by atoms with Gasteiger partial charge in [-0.3, -0.25) is 9.69 Å². The Balaban J connectivity index is 2.88. The molecule has 6 nitrogen and oxygen atoms in total. The number of hydrogen-bond acceptors (Lipinski definition) is 4. The highest BCUT2D eigenvalue weighted by atomic mass is 16.6. The molecule has 1 aliphatic rings. The van der Waals surface area contributed by atoms with E-state index < -0.39 is 29.9 Å². The Morgan fingerprint density at radius 1 is 1.42 bits per heavy atom. The van der Waals surface area contributed by atoms with Crippen molar-refractivity contribution in [2.24, 2.45) is 0 Å². The number of carbonyl (C=O) groups excluding carboxylic acids is 1. The lowest BCUT2D eigenvalue weighted by atomic mass is 9.88. The normalized spacial score (nSPS) is 30.2. The lowest BCUT2D eigenvalue weighted by Gasteiger charge is -2.36. The molecule has 0 radical (unpaired) electrons. The van der Waals surface area contributed by atoms with Crippen LogP contribution in [0.25, 0.3) is 0 Å². The van der Waals surface area contributed by atoms with Gasteiger partial charge in [-0.15, -0.1) is 0 Å². The first-order chi connectivity index (χ1) is 8.60. The molecule has 0 unspecified atom stereocenters. The number of aliphatic carboxylic acids is 1. The van der Waals surface area contributed by atoms with Gasteiger partial charge in [0.1, 0.15) is 6.54 Å². The Labute approximate surface area is 112 Å². The molecule has 19 heavy (non-hydrogen) atoms. The molecule has 6 heteroatoms. The van der Waals surface area contributed by atoms with Crippen LogP contribution in [0.15, 0.2) is 11.6 Å². The number of ether oxygens (including phenoxy) is 1. The van der Waals surface area contributed by atoms with Crippen LogP contribution in [0.1, 0.15) is 40.5 Å². The molecule has 0 aromatic rings. The van der Waals surface area contributed by atoms with E-state index in [1.165, 1.54) is 6.92 Å². The highest BCUT2D eigenvalue weighted by molar-refractivity contribution is 5.79. The first-order valence-electron chi connectivity index (χ1n) is 6.18. The number of nitrogens with zero attached hydrogens (tertiary/aromatic N) is 1. The Hall–Kier alpha value is -1.56. The first kappa shape index (κ1) is 15.5. The van der Waals surface area contributed by atoms with Crippen molar-refractivity contribution in [2.45, 2.75) is 51.9 Å². The Bertz CT molecular complexity index is 411. The third kappa shape index (κ3) is 3.07. The lowest BCUT2D eigenvalue weighted by Crippen LogP contribution is -2.56. The van der Waals surface area contributed by atoms with Crippen LogP contribution >= 0.6 is 0 Å². The van der Waals surface area contributed by atoms with Crippen LogP contribution in [-0.4, -0.2) is 45.0 Å². The number of carboxylic acids is 1. The standard InChI is InChI=1S/C13H21NO5/c1-9(2)6-5-7-12(3)13(4,18)14(8-10(15)16)11(17)19-12/h6,18H,5,7-8H2,1-4H3,(H,15,16)/t12-,13-/m0/s1. The monoisotopic (exact) mass is 271 g/mol. The van der Waals surface area contributed by atoms with Gasteiger partial charge in [0, 0.05) is 0 Å². The minimum Gasteiger partial charge on any atom is -0.480 e. The summed E-state index contributed by atoms with van der Waals surface area (Å²) in [6, 6.07) is 0. The quantitative estimate of drug-likeness (QED) is 0.744. The predicted molar refractivity (Wildman–Crippen MR) is 68.5 cm³/mol. The topological polar surface area (TPSA) is 87.1 Å². The third-order valence-corrected chi connectivity index (χ3v) is 3.53. The highest BCUT2D eigenvalue weighted by Crippen LogP contribution is 2.40. The van der Waals surface area contributed by atoms with Crippen molar-refractivity contribution < 1.29 is 24.5 Å². The summed E-state index contributed by atoms with van der Waals surface area (Å²) in [4.78, 5) is 23.3. The highest BCUT2D eigenvalue weighted by Gasteiger charge is 2.59. The number of amides is 1. The van der Waals surface area contributed by atoms with E-state index >= 15 is 0 Å². The molecule has 1 amide bonds. The molecular formula is C13H21NO5. The minimum absolute atomic E-state index is 0.424. The summed E-state index contributed by atoms with van der Waals surface area (Å²) in [5, 5.41) is 19.2. The molecule has 0 saturated carbocycles. The van der Waals surface area contributed by atoms with E-state index in [0.717, 1.165) is 10.5 Å². The van der Waals surface area contributed by atoms with Crippen molar-refractivity contribution in [1.29, 1.82) is 0 Å². The van der Waals surface area contributed by atoms with Crippen molar-refractivity contribution in [2.75, 3.05) is 6.54 Å². The van der Waals surface area contributed by atoms with Crippen LogP contribution in [0.5, 0.6) is 0 Å². The van der Waals surface area contributed by atoms with Crippen LogP contribution in [0.4, 0.5) is 4.79 Å². The van der Waals surface area contributed by atoms with Gasteiger partial charge in [-0.05, 0) is 40.5 Å². The van der Waals surface area contributed by atoms with E-state index in [-0.39, 0.29) is 0 Å². The Morgan fingerprint density at radius 2 is 2.00 bits per heavy atom. The second-order valence-electron chi connectivity index (χ2n) is 5.42. The largest absolute Gasteiger partial charge is 0.480 e. The second-order valence-corrected chi connectivity index (χ2v) is 5.42. The number of rotatable bonds is 5. The van der Waals surface area contributed by atoms with Gasteiger partial charge >= 0.3 is 12.1 Å². The summed E-state index contributed by atoms with van der Waals surface area (Å²) in [5.74, 6) is -1.19. The summed E-state index contributed by atoms with van der Waals surface area (Å²) in [6.45, 7) is 6.36. The smallest absolute Gasteiger partial charge is 0.413 e. The lowest BCUT2D eigenvalue weighted by molar-refractivity contribution is -0.155. The predicted octanol–water partition coefficient (Wildman–Crippen LogP) is 1.74. The zero-order valence-electron chi connectivity index (χ0n) is 11.8. The molecule has 0 spiro atoms. The summed E-state index contributed by atoms with van der Waals surface area (Å²) in [6.07, 6.45) is 2.25. The zero-order valence-corrected chi connectivity index (χ0v) is 11.8. The third-order valence-electron chi connectivity index (χ3n) is 3.53. The molecule has 1 fully saturated rings. The molecule has 108 valence electrons. The Morgan fingerprint density at radius 3 is 2.47 bits per heavy atom. The van der Waals surface area contributed by atoms with Crippen molar-refractivity contribution in [3.8, 4) is 0 Å². The number of hydrogen-bond donors (Lipinski definition) is 2. The van der Waals surface area contributed by atoms with Crippen molar-refractivity contribution in [3.63, 3.8) is 0 Å². The zero-order chi connectivity index (χ0) is 14.8. The fourth-order valence-corrected chi connectivity index (χ4v) is 2.09. The maximum Gasteiger partial charge on any atom is 0.413 e. The second kappa shape index (κ2) is 5.21. The van der Waals surface area contributed by atoms with Crippen molar-refractivity contribution >= 4 is 12.1 Å². The molecular weight excluding hydrogens is 250 g/mol. The Kier molecular flexibility index (Phi) is 4.25. The van der Waals surface area contributed by atoms with E-state index in [1.807, 2.05) is 19.9 Å². The van der Waals surface area contributed by atoms with Gasteiger partial charge in [-0.2, -0.15) is 0 Å². The fourth-order valence-electron chi connectivity index (χ4n) is 2.09. The average molecular weight is 271 g/mol. The summed E-state index contributed by atoms with van der Waals surface area (Å²) in [5.41, 5.74) is -1.63. The molecule has 1 saturated heterocycles. The average Bonchev–Trinajstić information content (AvgIpc) is 2.38. The van der Waals surface area contributed by atoms with Crippen molar-refractivity contribution in [1.82, 2.24) is 4.90 Å². The van der Waals surface area contributed by atoms with Gasteiger partial charge in [-0.1, -0.05) is 11.6 Å². The molecule has 0 bridgehead atoms. The van der Waals surface area contributed by atoms with Crippen LogP contribution in [0.2, 0.25) is 0 Å². The molecule has 1 aliphatic heterocycles. The number of cyclic esters (lactones) is 1. The van der Waals surface area contributed by atoms with E-state index in [1.54, 1.807) is 6.92 Å². The number of allylic oxidation sites excluding steroid dienone is 2. The number of aliphatic hydroxyl groups is 1. The fraction of sp³-hybridized carbons (Fsp3) is 0.692. The van der Waals surface area contributed by atoms with Gasteiger partial charge in [0.2, 0.25) is 0 Å².